The third-order valence-corrected chi connectivity index (χ3v) is 3.19. The van der Waals surface area contributed by atoms with Crippen molar-refractivity contribution in [1.29, 1.82) is 0 Å². The van der Waals surface area contributed by atoms with E-state index in [0.717, 1.165) is 12.1 Å². The quantitative estimate of drug-likeness (QED) is 0.787. The van der Waals surface area contributed by atoms with E-state index < -0.39 is 23.2 Å². The molecule has 2 rings (SSSR count). The molecule has 0 atom stereocenters. The molecular formula is C14H11Cl2F2N3O2. The number of rotatable bonds is 5. The molecule has 0 saturated heterocycles. The highest BCUT2D eigenvalue weighted by molar-refractivity contribution is 6.36. The Labute approximate surface area is 140 Å². The molecule has 5 nitrogen and oxygen atoms in total. The Balaban J connectivity index is 2.43. The average molecular weight is 362 g/mol. The highest BCUT2D eigenvalue weighted by Crippen LogP contribution is 2.30. The molecule has 0 fully saturated rings. The van der Waals surface area contributed by atoms with E-state index in [9.17, 15) is 13.6 Å². The van der Waals surface area contributed by atoms with E-state index in [1.165, 1.54) is 12.3 Å². The second-order valence-electron chi connectivity index (χ2n) is 4.26. The van der Waals surface area contributed by atoms with Gasteiger partial charge < -0.3 is 5.32 Å². The highest BCUT2D eigenvalue weighted by Gasteiger charge is 2.20. The van der Waals surface area contributed by atoms with Crippen LogP contribution in [0.1, 0.15) is 17.3 Å². The number of carbonyl (C=O) groups excluding carboxylic acids is 1. The fourth-order valence-corrected chi connectivity index (χ4v) is 2.11. The SMILES string of the molecule is CCONC(=O)c1ccc(F)c(F)c1Nc1ncc(Cl)cc1Cl. The molecule has 2 aromatic rings. The second kappa shape index (κ2) is 7.54. The van der Waals surface area contributed by atoms with Crippen LogP contribution in [0.3, 0.4) is 0 Å². The molecule has 1 aromatic heterocycles. The van der Waals surface area contributed by atoms with Gasteiger partial charge in [-0.1, -0.05) is 23.2 Å². The van der Waals surface area contributed by atoms with Crippen molar-refractivity contribution in [3.8, 4) is 0 Å². The van der Waals surface area contributed by atoms with Crippen LogP contribution in [0.15, 0.2) is 24.4 Å². The minimum absolute atomic E-state index is 0.0195. The Hall–Kier alpha value is -1.96. The van der Waals surface area contributed by atoms with Crippen molar-refractivity contribution in [3.05, 3.63) is 51.6 Å². The van der Waals surface area contributed by atoms with Crippen molar-refractivity contribution in [2.75, 3.05) is 11.9 Å². The molecule has 2 N–H and O–H groups in total. The summed E-state index contributed by atoms with van der Waals surface area (Å²) in [4.78, 5) is 20.6. The lowest BCUT2D eigenvalue weighted by Gasteiger charge is -2.13. The molecule has 0 bridgehead atoms. The molecule has 0 aliphatic carbocycles. The number of hydrogen-bond acceptors (Lipinski definition) is 4. The van der Waals surface area contributed by atoms with Crippen molar-refractivity contribution < 1.29 is 18.4 Å². The molecule has 0 aliphatic heterocycles. The minimum Gasteiger partial charge on any atom is -0.336 e. The van der Waals surface area contributed by atoms with Gasteiger partial charge in [0.25, 0.3) is 5.91 Å². The van der Waals surface area contributed by atoms with Gasteiger partial charge in [-0.2, -0.15) is 0 Å². The molecule has 1 heterocycles. The molecule has 0 spiro atoms. The van der Waals surface area contributed by atoms with Gasteiger partial charge in [0.05, 0.1) is 27.9 Å². The predicted molar refractivity (Wildman–Crippen MR) is 83.0 cm³/mol. The van der Waals surface area contributed by atoms with Crippen molar-refractivity contribution in [2.45, 2.75) is 6.92 Å². The molecule has 0 radical (unpaired) electrons. The fraction of sp³-hybridized carbons (Fsp3) is 0.143. The summed E-state index contributed by atoms with van der Waals surface area (Å²) < 4.78 is 27.6. The summed E-state index contributed by atoms with van der Waals surface area (Å²) in [6.45, 7) is 1.87. The van der Waals surface area contributed by atoms with Gasteiger partial charge in [-0.15, -0.1) is 0 Å². The van der Waals surface area contributed by atoms with E-state index in [4.69, 9.17) is 28.0 Å². The first-order valence-electron chi connectivity index (χ1n) is 6.42. The minimum atomic E-state index is -1.25. The van der Waals surface area contributed by atoms with E-state index >= 15 is 0 Å². The first-order valence-corrected chi connectivity index (χ1v) is 7.17. The lowest BCUT2D eigenvalue weighted by atomic mass is 10.1. The normalized spacial score (nSPS) is 10.5. The maximum atomic E-state index is 14.1. The molecule has 0 aliphatic rings. The number of halogens is 4. The first kappa shape index (κ1) is 17.4. The van der Waals surface area contributed by atoms with Gasteiger partial charge in [0.2, 0.25) is 0 Å². The lowest BCUT2D eigenvalue weighted by molar-refractivity contribution is 0.0365. The van der Waals surface area contributed by atoms with Gasteiger partial charge in [0.1, 0.15) is 5.82 Å². The van der Waals surface area contributed by atoms with Gasteiger partial charge in [-0.05, 0) is 25.1 Å². The van der Waals surface area contributed by atoms with Gasteiger partial charge in [-0.3, -0.25) is 9.63 Å². The smallest absolute Gasteiger partial charge is 0.277 e. The maximum absolute atomic E-state index is 14.1. The standard InChI is InChI=1S/C14H11Cl2F2N3O2/c1-2-23-21-14(22)8-3-4-10(17)11(18)12(8)20-13-9(16)5-7(15)6-19-13/h3-6H,2H2,1H3,(H,19,20)(H,21,22). The number of hydroxylamine groups is 1. The number of hydrogen-bond donors (Lipinski definition) is 2. The topological polar surface area (TPSA) is 63.2 Å². The molecule has 0 saturated carbocycles. The molecule has 9 heteroatoms. The van der Waals surface area contributed by atoms with Crippen LogP contribution in [-0.2, 0) is 4.84 Å². The summed E-state index contributed by atoms with van der Waals surface area (Å²) in [5.41, 5.74) is 1.51. The van der Waals surface area contributed by atoms with Crippen LogP contribution in [-0.4, -0.2) is 17.5 Å². The summed E-state index contributed by atoms with van der Waals surface area (Å²) in [5, 5.41) is 2.85. The molecule has 1 amide bonds. The second-order valence-corrected chi connectivity index (χ2v) is 5.10. The Morgan fingerprint density at radius 3 is 2.74 bits per heavy atom. The molecule has 122 valence electrons. The van der Waals surface area contributed by atoms with E-state index in [1.54, 1.807) is 6.92 Å². The summed E-state index contributed by atoms with van der Waals surface area (Å²) in [6, 6.07) is 3.31. The molecule has 1 aromatic carbocycles. The molecule has 0 unspecified atom stereocenters. The lowest BCUT2D eigenvalue weighted by Crippen LogP contribution is -2.25. The molecular weight excluding hydrogens is 351 g/mol. The van der Waals surface area contributed by atoms with Crippen molar-refractivity contribution in [2.24, 2.45) is 0 Å². The zero-order valence-corrected chi connectivity index (χ0v) is 13.3. The third kappa shape index (κ3) is 4.07. The summed E-state index contributed by atoms with van der Waals surface area (Å²) >= 11 is 11.7. The maximum Gasteiger partial charge on any atom is 0.277 e. The van der Waals surface area contributed by atoms with Crippen LogP contribution in [0, 0.1) is 11.6 Å². The zero-order valence-electron chi connectivity index (χ0n) is 11.8. The van der Waals surface area contributed by atoms with E-state index in [-0.39, 0.29) is 28.0 Å². The number of amides is 1. The largest absolute Gasteiger partial charge is 0.336 e. The number of aromatic nitrogens is 1. The third-order valence-electron chi connectivity index (χ3n) is 2.70. The van der Waals surface area contributed by atoms with Crippen molar-refractivity contribution >= 4 is 40.6 Å². The summed E-state index contributed by atoms with van der Waals surface area (Å²) in [5.74, 6) is -3.11. The Morgan fingerprint density at radius 2 is 2.09 bits per heavy atom. The number of carbonyl (C=O) groups is 1. The molecule has 23 heavy (non-hydrogen) atoms. The van der Waals surface area contributed by atoms with Gasteiger partial charge in [-0.25, -0.2) is 19.2 Å². The Morgan fingerprint density at radius 1 is 1.35 bits per heavy atom. The monoisotopic (exact) mass is 361 g/mol. The summed E-state index contributed by atoms with van der Waals surface area (Å²) in [7, 11) is 0. The number of anilines is 2. The van der Waals surface area contributed by atoms with E-state index in [1.807, 2.05) is 0 Å². The van der Waals surface area contributed by atoms with E-state index in [2.05, 4.69) is 15.8 Å². The number of nitrogens with zero attached hydrogens (tertiary/aromatic N) is 1. The zero-order chi connectivity index (χ0) is 17.0. The van der Waals surface area contributed by atoms with Crippen molar-refractivity contribution in [1.82, 2.24) is 10.5 Å². The van der Waals surface area contributed by atoms with Crippen LogP contribution in [0.4, 0.5) is 20.3 Å². The number of nitrogens with one attached hydrogen (secondary N) is 2. The van der Waals surface area contributed by atoms with Crippen LogP contribution in [0.2, 0.25) is 10.0 Å². The fourth-order valence-electron chi connectivity index (χ4n) is 1.68. The van der Waals surface area contributed by atoms with Gasteiger partial charge >= 0.3 is 0 Å². The Bertz CT molecular complexity index is 744. The van der Waals surface area contributed by atoms with Crippen LogP contribution in [0.25, 0.3) is 0 Å². The van der Waals surface area contributed by atoms with Gasteiger partial charge in [0, 0.05) is 6.20 Å². The van der Waals surface area contributed by atoms with E-state index in [0.29, 0.717) is 0 Å². The van der Waals surface area contributed by atoms with Crippen LogP contribution < -0.4 is 10.8 Å². The van der Waals surface area contributed by atoms with Gasteiger partial charge in [0.15, 0.2) is 11.6 Å². The number of benzene rings is 1. The predicted octanol–water partition coefficient (Wildman–Crippen LogP) is 4.09. The number of pyridine rings is 1. The average Bonchev–Trinajstić information content (AvgIpc) is 2.52. The van der Waals surface area contributed by atoms with Crippen LogP contribution >= 0.6 is 23.2 Å². The van der Waals surface area contributed by atoms with Crippen LogP contribution in [0.5, 0.6) is 0 Å². The highest BCUT2D eigenvalue weighted by atomic mass is 35.5. The first-order chi connectivity index (χ1) is 10.9. The Kier molecular flexibility index (Phi) is 5.70. The summed E-state index contributed by atoms with van der Waals surface area (Å²) in [6.07, 6.45) is 1.27. The van der Waals surface area contributed by atoms with Crippen molar-refractivity contribution in [3.63, 3.8) is 0 Å².